The van der Waals surface area contributed by atoms with E-state index in [1.807, 2.05) is 0 Å². The summed E-state index contributed by atoms with van der Waals surface area (Å²) in [5, 5.41) is 2.46. The zero-order valence-electron chi connectivity index (χ0n) is 21.6. The van der Waals surface area contributed by atoms with Crippen LogP contribution in [-0.2, 0) is 20.7 Å². The highest BCUT2D eigenvalue weighted by atomic mass is 31.2. The zero-order chi connectivity index (χ0) is 31.0. The molecule has 1 aromatic heterocycles. The van der Waals surface area contributed by atoms with Gasteiger partial charge in [-0.3, -0.25) is 18.9 Å². The molecular formula is C25H23F5N3O8P. The Balaban J connectivity index is 1.57. The van der Waals surface area contributed by atoms with Gasteiger partial charge in [0.2, 0.25) is 11.8 Å². The number of nitrogens with one attached hydrogen (secondary N) is 1. The maximum atomic E-state index is 14.6. The Morgan fingerprint density at radius 2 is 1.88 bits per heavy atom. The van der Waals surface area contributed by atoms with Gasteiger partial charge in [0.1, 0.15) is 24.5 Å². The number of amides is 2. The number of ketones is 1. The van der Waals surface area contributed by atoms with Crippen LogP contribution >= 0.6 is 7.60 Å². The van der Waals surface area contributed by atoms with Crippen molar-refractivity contribution in [3.8, 4) is 11.5 Å². The van der Waals surface area contributed by atoms with E-state index in [4.69, 9.17) is 14.5 Å². The fourth-order valence-electron chi connectivity index (χ4n) is 4.50. The molecular weight excluding hydrogens is 596 g/mol. The van der Waals surface area contributed by atoms with Gasteiger partial charge in [-0.15, -0.1) is 13.2 Å². The third kappa shape index (κ3) is 7.24. The fourth-order valence-corrected chi connectivity index (χ4v) is 4.82. The van der Waals surface area contributed by atoms with Gasteiger partial charge >= 0.3 is 14.0 Å². The number of Topliss-reactive ketones (excluding diaryl/α,β-unsaturated/α-hetero) is 1. The second-order valence-corrected chi connectivity index (χ2v) is 11.0. The molecule has 3 N–H and O–H groups in total. The highest BCUT2D eigenvalue weighted by Crippen LogP contribution is 2.36. The summed E-state index contributed by atoms with van der Waals surface area (Å²) in [5.74, 6) is -4.90. The molecule has 2 heterocycles. The summed E-state index contributed by atoms with van der Waals surface area (Å²) in [4.78, 5) is 57.5. The summed E-state index contributed by atoms with van der Waals surface area (Å²) < 4.78 is 87.8. The Bertz CT molecular complexity index is 1590. The molecule has 11 nitrogen and oxygen atoms in total. The topological polar surface area (TPSA) is 147 Å². The lowest BCUT2D eigenvalue weighted by atomic mass is 10.1. The molecule has 1 aliphatic heterocycles. The number of hydrogen-bond donors (Lipinski definition) is 3. The molecule has 2 aromatic carbocycles. The number of halogens is 5. The Hall–Kier alpha value is -4.01. The fraction of sp³-hybridized carbons (Fsp3) is 0.320. The van der Waals surface area contributed by atoms with E-state index in [1.165, 1.54) is 35.9 Å². The highest BCUT2D eigenvalue weighted by Gasteiger charge is 2.40. The third-order valence-corrected chi connectivity index (χ3v) is 6.72. The number of fused-ring (bicyclic) bond motifs is 1. The molecule has 0 bridgehead atoms. The molecule has 0 spiro atoms. The number of alkyl halides is 4. The van der Waals surface area contributed by atoms with E-state index in [-0.39, 0.29) is 22.6 Å². The summed E-state index contributed by atoms with van der Waals surface area (Å²) in [6.07, 6.45) is -6.89. The molecule has 2 unspecified atom stereocenters. The van der Waals surface area contributed by atoms with Crippen molar-refractivity contribution < 1.29 is 60.2 Å². The van der Waals surface area contributed by atoms with Crippen LogP contribution in [0.5, 0.6) is 11.5 Å². The maximum absolute atomic E-state index is 14.6. The SMILES string of the molecule is CC(=O)c1cn(CC(=O)N2CC(F)CC2C(=O)Nc2cccc(OC(F)(F)F)c2F)c2cc(OCP(=O)(O)O)ccc12. The van der Waals surface area contributed by atoms with Gasteiger partial charge in [-0.05, 0) is 31.2 Å². The zero-order valence-corrected chi connectivity index (χ0v) is 22.5. The van der Waals surface area contributed by atoms with Gasteiger partial charge in [-0.25, -0.2) is 8.78 Å². The Morgan fingerprint density at radius 1 is 1.17 bits per heavy atom. The highest BCUT2D eigenvalue weighted by molar-refractivity contribution is 7.51. The summed E-state index contributed by atoms with van der Waals surface area (Å²) in [6.45, 7) is 0.263. The van der Waals surface area contributed by atoms with Crippen LogP contribution in [0.15, 0.2) is 42.6 Å². The monoisotopic (exact) mass is 619 g/mol. The van der Waals surface area contributed by atoms with Crippen LogP contribution in [0, 0.1) is 5.82 Å². The van der Waals surface area contributed by atoms with E-state index in [0.717, 1.165) is 17.0 Å². The van der Waals surface area contributed by atoms with E-state index >= 15 is 0 Å². The predicted octanol–water partition coefficient (Wildman–Crippen LogP) is 3.97. The van der Waals surface area contributed by atoms with Crippen LogP contribution in [0.1, 0.15) is 23.7 Å². The van der Waals surface area contributed by atoms with Gasteiger partial charge in [0.15, 0.2) is 23.7 Å². The molecule has 2 amide bonds. The molecule has 1 aliphatic rings. The van der Waals surface area contributed by atoms with Crippen LogP contribution < -0.4 is 14.8 Å². The maximum Gasteiger partial charge on any atom is 0.573 e. The van der Waals surface area contributed by atoms with Crippen molar-refractivity contribution in [2.75, 3.05) is 18.2 Å². The van der Waals surface area contributed by atoms with Crippen LogP contribution in [-0.4, -0.2) is 68.3 Å². The summed E-state index contributed by atoms with van der Waals surface area (Å²) in [7, 11) is -4.51. The first kappa shape index (κ1) is 30.9. The second kappa shape index (κ2) is 11.7. The van der Waals surface area contributed by atoms with Crippen molar-refractivity contribution in [1.82, 2.24) is 9.47 Å². The lowest BCUT2D eigenvalue weighted by Crippen LogP contribution is -2.44. The number of nitrogens with zero attached hydrogens (tertiary/aromatic N) is 2. The number of rotatable bonds is 9. The number of aromatic nitrogens is 1. The van der Waals surface area contributed by atoms with Crippen molar-refractivity contribution in [3.63, 3.8) is 0 Å². The Morgan fingerprint density at radius 3 is 2.52 bits per heavy atom. The minimum Gasteiger partial charge on any atom is -0.481 e. The average molecular weight is 619 g/mol. The molecule has 2 atom stereocenters. The quantitative estimate of drug-likeness (QED) is 0.185. The Kier molecular flexibility index (Phi) is 8.62. The number of hydrogen-bond acceptors (Lipinski definition) is 6. The van der Waals surface area contributed by atoms with E-state index in [1.54, 1.807) is 0 Å². The first-order valence-corrected chi connectivity index (χ1v) is 13.9. The minimum atomic E-state index is -5.20. The van der Waals surface area contributed by atoms with Crippen molar-refractivity contribution in [2.45, 2.75) is 38.5 Å². The molecule has 0 radical (unpaired) electrons. The van der Waals surface area contributed by atoms with Crippen LogP contribution in [0.3, 0.4) is 0 Å². The molecule has 0 aliphatic carbocycles. The van der Waals surface area contributed by atoms with Crippen molar-refractivity contribution in [1.29, 1.82) is 0 Å². The normalized spacial score (nSPS) is 17.4. The standard InChI is InChI=1S/C25H23F5N3O8P/c1-13(34)17-10-32(19-8-15(5-6-16(17)19)40-12-42(37,38)39)11-22(35)33-9-14(26)7-20(33)24(36)31-18-3-2-4-21(23(18)27)41-25(28,29)30/h2-6,8,10,14,20H,7,9,11-12H2,1H3,(H,31,36)(H2,37,38,39). The molecule has 42 heavy (non-hydrogen) atoms. The molecule has 1 saturated heterocycles. The Labute approximate surface area is 233 Å². The largest absolute Gasteiger partial charge is 0.573 e. The average Bonchev–Trinajstić information content (AvgIpc) is 3.44. The van der Waals surface area contributed by atoms with Gasteiger partial charge in [0.25, 0.3) is 0 Å². The van der Waals surface area contributed by atoms with Gasteiger partial charge in [-0.2, -0.15) is 0 Å². The van der Waals surface area contributed by atoms with Gasteiger partial charge in [0, 0.05) is 29.6 Å². The van der Waals surface area contributed by atoms with E-state index in [2.05, 4.69) is 10.1 Å². The second-order valence-electron chi connectivity index (χ2n) is 9.39. The van der Waals surface area contributed by atoms with Crippen molar-refractivity contribution in [3.05, 3.63) is 54.0 Å². The summed E-state index contributed by atoms with van der Waals surface area (Å²) in [6, 6.07) is 5.38. The van der Waals surface area contributed by atoms with Gasteiger partial charge in [0.05, 0.1) is 17.7 Å². The first-order chi connectivity index (χ1) is 19.5. The lowest BCUT2D eigenvalue weighted by molar-refractivity contribution is -0.275. The lowest BCUT2D eigenvalue weighted by Gasteiger charge is -2.24. The minimum absolute atomic E-state index is 0.0220. The number of likely N-dealkylation sites (tertiary alicyclic amines) is 1. The molecule has 3 aromatic rings. The van der Waals surface area contributed by atoms with Crippen molar-refractivity contribution in [2.24, 2.45) is 0 Å². The number of carbonyl (C=O) groups is 3. The smallest absolute Gasteiger partial charge is 0.481 e. The van der Waals surface area contributed by atoms with E-state index in [0.29, 0.717) is 11.5 Å². The third-order valence-electron chi connectivity index (χ3n) is 6.26. The number of carbonyl (C=O) groups excluding carboxylic acids is 3. The molecule has 1 fully saturated rings. The van der Waals surface area contributed by atoms with Crippen LogP contribution in [0.25, 0.3) is 10.9 Å². The van der Waals surface area contributed by atoms with Gasteiger partial charge in [-0.1, -0.05) is 6.07 Å². The molecule has 4 rings (SSSR count). The van der Waals surface area contributed by atoms with Crippen molar-refractivity contribution >= 4 is 41.8 Å². The number of benzene rings is 2. The number of anilines is 1. The number of ether oxygens (including phenoxy) is 2. The predicted molar refractivity (Wildman–Crippen MR) is 136 cm³/mol. The van der Waals surface area contributed by atoms with Gasteiger partial charge < -0.3 is 34.0 Å². The molecule has 0 saturated carbocycles. The van der Waals surface area contributed by atoms with Crippen LogP contribution in [0.2, 0.25) is 0 Å². The summed E-state index contributed by atoms with van der Waals surface area (Å²) >= 11 is 0. The van der Waals surface area contributed by atoms with Crippen LogP contribution in [0.4, 0.5) is 27.6 Å². The van der Waals surface area contributed by atoms with E-state index < -0.39 is 81.1 Å². The summed E-state index contributed by atoms with van der Waals surface area (Å²) in [5.41, 5.74) is -0.214. The molecule has 226 valence electrons. The molecule has 17 heteroatoms. The van der Waals surface area contributed by atoms with E-state index in [9.17, 15) is 40.9 Å². The first-order valence-electron chi connectivity index (χ1n) is 12.1.